The smallest absolute Gasteiger partial charge is 0.432 e. The molecule has 44 heavy (non-hydrogen) atoms. The van der Waals surface area contributed by atoms with Gasteiger partial charge in [0.15, 0.2) is 24.8 Å². The van der Waals surface area contributed by atoms with Gasteiger partial charge < -0.3 is 9.29 Å². The molecule has 0 amide bonds. The molecule has 4 rings (SSSR count). The summed E-state index contributed by atoms with van der Waals surface area (Å²) in [7, 11) is -6.74. The van der Waals surface area contributed by atoms with Crippen LogP contribution in [-0.2, 0) is 31.2 Å². The van der Waals surface area contributed by atoms with Gasteiger partial charge >= 0.3 is 17.4 Å². The fraction of sp³-hybridized carbons (Fsp3) is 0.219. The van der Waals surface area contributed by atoms with Crippen molar-refractivity contribution in [3.8, 4) is 0 Å². The molecule has 5 nitrogen and oxygen atoms in total. The molecule has 0 N–H and O–H groups in total. The zero-order valence-electron chi connectivity index (χ0n) is 23.8. The minimum absolute atomic E-state index is 0.0497. The molecule has 0 fully saturated rings. The van der Waals surface area contributed by atoms with Gasteiger partial charge in [0.25, 0.3) is 6.10 Å². The van der Waals surface area contributed by atoms with Crippen LogP contribution in [0.3, 0.4) is 0 Å². The topological polar surface area (TPSA) is 83.5 Å². The number of carbonyl (C=O) groups is 1. The highest BCUT2D eigenvalue weighted by molar-refractivity contribution is 7.97. The van der Waals surface area contributed by atoms with Crippen molar-refractivity contribution in [2.24, 2.45) is 0 Å². The molecule has 0 aliphatic rings. The molecule has 0 radical (unpaired) electrons. The summed E-state index contributed by atoms with van der Waals surface area (Å²) in [5.74, 6) is -1.85. The molecule has 0 saturated heterocycles. The van der Waals surface area contributed by atoms with Gasteiger partial charge in [-0.1, -0.05) is 87.5 Å². The molecular formula is C32H29F5O5S2. The van der Waals surface area contributed by atoms with Crippen molar-refractivity contribution in [2.45, 2.75) is 58.4 Å². The lowest BCUT2D eigenvalue weighted by atomic mass is 9.87. The Morgan fingerprint density at radius 3 is 1.43 bits per heavy atom. The summed E-state index contributed by atoms with van der Waals surface area (Å²) in [4.78, 5) is 15.4. The maximum Gasteiger partial charge on any atom is 0.432 e. The first-order valence-electron chi connectivity index (χ1n) is 13.0. The highest BCUT2D eigenvalue weighted by Gasteiger charge is 2.63. The average Bonchev–Trinajstić information content (AvgIpc) is 2.96. The van der Waals surface area contributed by atoms with E-state index in [1.165, 1.54) is 38.4 Å². The summed E-state index contributed by atoms with van der Waals surface area (Å²) in [5, 5.41) is -5.85. The molecule has 0 spiro atoms. The van der Waals surface area contributed by atoms with Gasteiger partial charge in [0.05, 0.1) is 16.5 Å². The Kier molecular flexibility index (Phi) is 11.0. The predicted octanol–water partition coefficient (Wildman–Crippen LogP) is 7.99. The third-order valence-corrected chi connectivity index (χ3v) is 9.20. The second kappa shape index (κ2) is 13.9. The molecule has 12 heteroatoms. The molecule has 4 aromatic rings. The molecule has 0 saturated carbocycles. The van der Waals surface area contributed by atoms with Gasteiger partial charge in [-0.15, -0.1) is 0 Å². The van der Waals surface area contributed by atoms with E-state index in [0.717, 1.165) is 12.1 Å². The van der Waals surface area contributed by atoms with E-state index in [9.17, 15) is 39.7 Å². The van der Waals surface area contributed by atoms with E-state index in [4.69, 9.17) is 0 Å². The molecule has 0 aromatic heterocycles. The van der Waals surface area contributed by atoms with E-state index in [1.807, 2.05) is 0 Å². The maximum absolute atomic E-state index is 13.1. The van der Waals surface area contributed by atoms with E-state index >= 15 is 0 Å². The van der Waals surface area contributed by atoms with Gasteiger partial charge in [-0.05, 0) is 59.5 Å². The Morgan fingerprint density at radius 1 is 0.682 bits per heavy atom. The lowest BCUT2D eigenvalue weighted by molar-refractivity contribution is -0.248. The maximum atomic E-state index is 13.1. The summed E-state index contributed by atoms with van der Waals surface area (Å²) in [6.45, 7) is 6.78. The van der Waals surface area contributed by atoms with Gasteiger partial charge in [0, 0.05) is 0 Å². The summed E-state index contributed by atoms with van der Waals surface area (Å²) < 4.78 is 97.8. The van der Waals surface area contributed by atoms with Gasteiger partial charge in [-0.3, -0.25) is 0 Å². The van der Waals surface area contributed by atoms with Crippen LogP contribution in [0, 0.1) is 0 Å². The molecule has 0 aliphatic heterocycles. The molecule has 1 atom stereocenters. The summed E-state index contributed by atoms with van der Waals surface area (Å²) >= 11 is 0. The fourth-order valence-electron chi connectivity index (χ4n) is 3.82. The fourth-order valence-corrected chi connectivity index (χ4v) is 6.35. The molecule has 234 valence electrons. The number of esters is 1. The first-order chi connectivity index (χ1) is 20.4. The first kappa shape index (κ1) is 34.7. The van der Waals surface area contributed by atoms with Crippen molar-refractivity contribution in [2.75, 3.05) is 0 Å². The molecule has 0 bridgehead atoms. The Morgan fingerprint density at radius 2 is 1.07 bits per heavy atom. The van der Waals surface area contributed by atoms with E-state index in [1.54, 1.807) is 0 Å². The molecular weight excluding hydrogens is 623 g/mol. The Hall–Kier alpha value is -3.74. The SMILES string of the molecule is CC(C)(C)c1ccc([S+](c2ccccc2)c2ccccc2)cc1.O=C(OC(C(F)(F)F)C(F)(F)S(=O)(=O)[O-])c1ccccc1. The van der Waals surface area contributed by atoms with Crippen LogP contribution in [0.1, 0.15) is 36.7 Å². The number of hydrogen-bond donors (Lipinski definition) is 0. The van der Waals surface area contributed by atoms with Crippen LogP contribution >= 0.6 is 0 Å². The Labute approximate surface area is 255 Å². The van der Waals surface area contributed by atoms with E-state index in [2.05, 4.69) is 110 Å². The number of rotatable bonds is 7. The van der Waals surface area contributed by atoms with Crippen LogP contribution < -0.4 is 0 Å². The van der Waals surface area contributed by atoms with Crippen LogP contribution in [-0.4, -0.2) is 36.5 Å². The molecule has 4 aromatic carbocycles. The zero-order valence-corrected chi connectivity index (χ0v) is 25.4. The minimum atomic E-state index is -6.69. The summed E-state index contributed by atoms with van der Waals surface area (Å²) in [6.07, 6.45) is -10.4. The number of halogens is 5. The summed E-state index contributed by atoms with van der Waals surface area (Å²) in [5.41, 5.74) is 1.05. The molecule has 0 aliphatic carbocycles. The zero-order chi connectivity index (χ0) is 32.8. The largest absolute Gasteiger partial charge is 0.743 e. The van der Waals surface area contributed by atoms with Gasteiger partial charge in [-0.2, -0.15) is 22.0 Å². The third-order valence-electron chi connectivity index (χ3n) is 6.08. The highest BCUT2D eigenvalue weighted by Crippen LogP contribution is 2.38. The third kappa shape index (κ3) is 8.90. The monoisotopic (exact) mass is 652 g/mol. The summed E-state index contributed by atoms with van der Waals surface area (Å²) in [6, 6.07) is 36.5. The number of alkyl halides is 5. The number of carbonyl (C=O) groups excluding carboxylic acids is 1. The Bertz CT molecular complexity index is 1570. The standard InChI is InChI=1S/C22H23S.C10H7F5O5S/c1-22(2,3)18-14-16-21(17-15-18)23(19-10-6-4-7-11-19)20-12-8-5-9-13-20;11-9(12,13)8(10(14,15)21(17,18)19)20-7(16)6-4-2-1-3-5-6/h4-17H,1-3H3;1-5,8H,(H,17,18,19)/q+1;/p-1. The second-order valence-corrected chi connectivity index (χ2v) is 13.9. The van der Waals surface area contributed by atoms with Crippen molar-refractivity contribution in [3.05, 3.63) is 126 Å². The molecule has 0 heterocycles. The van der Waals surface area contributed by atoms with E-state index < -0.39 is 39.2 Å². The van der Waals surface area contributed by atoms with Crippen LogP contribution in [0.2, 0.25) is 0 Å². The van der Waals surface area contributed by atoms with Crippen molar-refractivity contribution in [1.29, 1.82) is 0 Å². The lowest BCUT2D eigenvalue weighted by Gasteiger charge is -2.29. The second-order valence-electron chi connectivity index (χ2n) is 10.4. The van der Waals surface area contributed by atoms with Gasteiger partial charge in [0.1, 0.15) is 0 Å². The lowest BCUT2D eigenvalue weighted by Crippen LogP contribution is -2.52. The molecule has 1 unspecified atom stereocenters. The average molecular weight is 653 g/mol. The number of ether oxygens (including phenoxy) is 1. The van der Waals surface area contributed by atoms with Crippen molar-refractivity contribution >= 4 is 27.0 Å². The van der Waals surface area contributed by atoms with Crippen LogP contribution in [0.15, 0.2) is 130 Å². The van der Waals surface area contributed by atoms with Crippen LogP contribution in [0.25, 0.3) is 0 Å². The van der Waals surface area contributed by atoms with Crippen molar-refractivity contribution < 1.29 is 44.5 Å². The van der Waals surface area contributed by atoms with Gasteiger partial charge in [-0.25, -0.2) is 13.2 Å². The van der Waals surface area contributed by atoms with Crippen molar-refractivity contribution in [3.63, 3.8) is 0 Å². The van der Waals surface area contributed by atoms with Crippen molar-refractivity contribution in [1.82, 2.24) is 0 Å². The Balaban J connectivity index is 0.000000242. The number of hydrogen-bond acceptors (Lipinski definition) is 5. The quantitative estimate of drug-likeness (QED) is 0.0875. The normalized spacial score (nSPS) is 13.0. The van der Waals surface area contributed by atoms with Crippen LogP contribution in [0.5, 0.6) is 0 Å². The van der Waals surface area contributed by atoms with Crippen LogP contribution in [0.4, 0.5) is 22.0 Å². The van der Waals surface area contributed by atoms with Gasteiger partial charge in [0.2, 0.25) is 0 Å². The minimum Gasteiger partial charge on any atom is -0.743 e. The highest BCUT2D eigenvalue weighted by atomic mass is 32.2. The number of benzene rings is 4. The predicted molar refractivity (Wildman–Crippen MR) is 157 cm³/mol. The van der Waals surface area contributed by atoms with E-state index in [0.29, 0.717) is 0 Å². The van der Waals surface area contributed by atoms with E-state index in [-0.39, 0.29) is 16.3 Å². The first-order valence-corrected chi connectivity index (χ1v) is 15.7.